The molecule has 2 heterocycles. The van der Waals surface area contributed by atoms with E-state index in [-0.39, 0.29) is 0 Å². The third-order valence-corrected chi connectivity index (χ3v) is 3.41. The van der Waals surface area contributed by atoms with Gasteiger partial charge in [0.2, 0.25) is 0 Å². The van der Waals surface area contributed by atoms with Crippen LogP contribution in [0.2, 0.25) is 0 Å². The van der Waals surface area contributed by atoms with Gasteiger partial charge in [0.05, 0.1) is 5.69 Å². The number of hydrogen-bond donors (Lipinski definition) is 1. The van der Waals surface area contributed by atoms with Crippen molar-refractivity contribution in [3.8, 4) is 0 Å². The van der Waals surface area contributed by atoms with Crippen LogP contribution < -0.4 is 5.32 Å². The molecule has 0 aliphatic heterocycles. The van der Waals surface area contributed by atoms with Crippen molar-refractivity contribution in [3.05, 3.63) is 35.2 Å². The van der Waals surface area contributed by atoms with Crippen molar-refractivity contribution >= 4 is 0 Å². The molecule has 0 unspecified atom stereocenters. The summed E-state index contributed by atoms with van der Waals surface area (Å²) in [6.07, 6.45) is 4.76. The zero-order valence-corrected chi connectivity index (χ0v) is 11.6. The lowest BCUT2D eigenvalue weighted by Crippen LogP contribution is -2.19. The van der Waals surface area contributed by atoms with Gasteiger partial charge in [0.1, 0.15) is 5.82 Å². The number of rotatable bonds is 5. The van der Waals surface area contributed by atoms with Crippen molar-refractivity contribution in [2.45, 2.75) is 26.8 Å². The van der Waals surface area contributed by atoms with Gasteiger partial charge in [0.25, 0.3) is 0 Å². The van der Waals surface area contributed by atoms with E-state index in [9.17, 15) is 0 Å². The van der Waals surface area contributed by atoms with Gasteiger partial charge in [0.15, 0.2) is 0 Å². The molecule has 0 bridgehead atoms. The van der Waals surface area contributed by atoms with Gasteiger partial charge in [-0.3, -0.25) is 4.68 Å². The van der Waals surface area contributed by atoms with Crippen LogP contribution in [0.4, 0.5) is 0 Å². The van der Waals surface area contributed by atoms with Gasteiger partial charge in [-0.2, -0.15) is 5.10 Å². The SMILES string of the molecule is Cc1nn(C)c(C)c1CNCCc1nccn1C. The average molecular weight is 247 g/mol. The second kappa shape index (κ2) is 5.35. The Balaban J connectivity index is 1.84. The Bertz CT molecular complexity index is 523. The third kappa shape index (κ3) is 2.61. The minimum absolute atomic E-state index is 0.871. The highest BCUT2D eigenvalue weighted by molar-refractivity contribution is 5.23. The monoisotopic (exact) mass is 247 g/mol. The molecule has 0 fully saturated rings. The fourth-order valence-electron chi connectivity index (χ4n) is 2.12. The Morgan fingerprint density at radius 2 is 2.06 bits per heavy atom. The fraction of sp³-hybridized carbons (Fsp3) is 0.538. The van der Waals surface area contributed by atoms with Crippen molar-refractivity contribution in [1.82, 2.24) is 24.6 Å². The first-order valence-electron chi connectivity index (χ1n) is 6.25. The van der Waals surface area contributed by atoms with E-state index in [4.69, 9.17) is 0 Å². The Morgan fingerprint density at radius 3 is 2.61 bits per heavy atom. The third-order valence-electron chi connectivity index (χ3n) is 3.41. The van der Waals surface area contributed by atoms with Crippen molar-refractivity contribution in [2.75, 3.05) is 6.54 Å². The Hall–Kier alpha value is -1.62. The van der Waals surface area contributed by atoms with Crippen LogP contribution in [0.1, 0.15) is 22.8 Å². The second-order valence-electron chi connectivity index (χ2n) is 4.65. The van der Waals surface area contributed by atoms with Crippen molar-refractivity contribution in [2.24, 2.45) is 14.1 Å². The second-order valence-corrected chi connectivity index (χ2v) is 4.65. The smallest absolute Gasteiger partial charge is 0.109 e. The number of aryl methyl sites for hydroxylation is 3. The molecule has 5 nitrogen and oxygen atoms in total. The van der Waals surface area contributed by atoms with Crippen LogP contribution in [0.25, 0.3) is 0 Å². The maximum Gasteiger partial charge on any atom is 0.109 e. The molecule has 0 saturated carbocycles. The molecule has 0 spiro atoms. The van der Waals surface area contributed by atoms with E-state index in [1.54, 1.807) is 0 Å². The van der Waals surface area contributed by atoms with Gasteiger partial charge in [-0.25, -0.2) is 4.98 Å². The van der Waals surface area contributed by atoms with Crippen LogP contribution in [0.5, 0.6) is 0 Å². The summed E-state index contributed by atoms with van der Waals surface area (Å²) in [6, 6.07) is 0. The largest absolute Gasteiger partial charge is 0.338 e. The van der Waals surface area contributed by atoms with Crippen LogP contribution in [-0.4, -0.2) is 25.9 Å². The lowest BCUT2D eigenvalue weighted by molar-refractivity contribution is 0.650. The van der Waals surface area contributed by atoms with Crippen LogP contribution in [0, 0.1) is 13.8 Å². The lowest BCUT2D eigenvalue weighted by atomic mass is 10.2. The van der Waals surface area contributed by atoms with Gasteiger partial charge in [-0.1, -0.05) is 0 Å². The van der Waals surface area contributed by atoms with E-state index in [1.165, 1.54) is 11.3 Å². The summed E-state index contributed by atoms with van der Waals surface area (Å²) in [7, 11) is 4.01. The molecular weight excluding hydrogens is 226 g/mol. The highest BCUT2D eigenvalue weighted by Crippen LogP contribution is 2.10. The summed E-state index contributed by atoms with van der Waals surface area (Å²) in [5.74, 6) is 1.11. The summed E-state index contributed by atoms with van der Waals surface area (Å²) >= 11 is 0. The van der Waals surface area contributed by atoms with Crippen molar-refractivity contribution in [1.29, 1.82) is 0 Å². The topological polar surface area (TPSA) is 47.7 Å². The number of nitrogens with zero attached hydrogens (tertiary/aromatic N) is 4. The zero-order chi connectivity index (χ0) is 13.1. The molecular formula is C13H21N5. The van der Waals surface area contributed by atoms with E-state index in [0.717, 1.165) is 31.0 Å². The molecule has 5 heteroatoms. The van der Waals surface area contributed by atoms with Crippen LogP contribution >= 0.6 is 0 Å². The quantitative estimate of drug-likeness (QED) is 0.805. The molecule has 0 atom stereocenters. The average Bonchev–Trinajstić information content (AvgIpc) is 2.83. The molecule has 2 aromatic heterocycles. The Kier molecular flexibility index (Phi) is 3.81. The fourth-order valence-corrected chi connectivity index (χ4v) is 2.12. The highest BCUT2D eigenvalue weighted by Gasteiger charge is 2.08. The standard InChI is InChI=1S/C13H21N5/c1-10-12(11(2)18(4)16-10)9-14-6-5-13-15-7-8-17(13)3/h7-8,14H,5-6,9H2,1-4H3. The van der Waals surface area contributed by atoms with Crippen LogP contribution in [0.3, 0.4) is 0 Å². The number of imidazole rings is 1. The summed E-state index contributed by atoms with van der Waals surface area (Å²) in [5.41, 5.74) is 3.65. The first-order valence-corrected chi connectivity index (χ1v) is 6.25. The molecule has 0 aliphatic rings. The molecule has 98 valence electrons. The van der Waals surface area contributed by atoms with Gasteiger partial charge in [-0.15, -0.1) is 0 Å². The predicted octanol–water partition coefficient (Wildman–Crippen LogP) is 1.10. The molecule has 0 aromatic carbocycles. The van der Waals surface area contributed by atoms with Gasteiger partial charge < -0.3 is 9.88 Å². The molecule has 0 aliphatic carbocycles. The van der Waals surface area contributed by atoms with E-state index >= 15 is 0 Å². The van der Waals surface area contributed by atoms with Gasteiger partial charge in [-0.05, 0) is 13.8 Å². The molecule has 2 rings (SSSR count). The maximum atomic E-state index is 4.41. The lowest BCUT2D eigenvalue weighted by Gasteiger charge is -2.05. The molecule has 2 aromatic rings. The van der Waals surface area contributed by atoms with Crippen LogP contribution in [0.15, 0.2) is 12.4 Å². The molecule has 0 radical (unpaired) electrons. The van der Waals surface area contributed by atoms with Crippen molar-refractivity contribution in [3.63, 3.8) is 0 Å². The molecule has 1 N–H and O–H groups in total. The predicted molar refractivity (Wildman–Crippen MR) is 71.3 cm³/mol. The molecule has 0 amide bonds. The Labute approximate surface area is 108 Å². The van der Waals surface area contributed by atoms with Gasteiger partial charge in [0, 0.05) is 57.3 Å². The van der Waals surface area contributed by atoms with Gasteiger partial charge >= 0.3 is 0 Å². The normalized spacial score (nSPS) is 11.1. The van der Waals surface area contributed by atoms with E-state index in [1.807, 2.05) is 31.2 Å². The zero-order valence-electron chi connectivity index (χ0n) is 11.6. The van der Waals surface area contributed by atoms with E-state index in [2.05, 4.69) is 33.8 Å². The first kappa shape index (κ1) is 12.8. The summed E-state index contributed by atoms with van der Waals surface area (Å²) in [5, 5.41) is 7.87. The summed E-state index contributed by atoms with van der Waals surface area (Å²) < 4.78 is 3.99. The highest BCUT2D eigenvalue weighted by atomic mass is 15.3. The number of aromatic nitrogens is 4. The van der Waals surface area contributed by atoms with Crippen LogP contribution in [-0.2, 0) is 27.1 Å². The molecule has 0 saturated heterocycles. The summed E-state index contributed by atoms with van der Waals surface area (Å²) in [4.78, 5) is 4.31. The number of nitrogens with one attached hydrogen (secondary N) is 1. The van der Waals surface area contributed by atoms with Crippen molar-refractivity contribution < 1.29 is 0 Å². The van der Waals surface area contributed by atoms with E-state index in [0.29, 0.717) is 0 Å². The molecule has 18 heavy (non-hydrogen) atoms. The first-order chi connectivity index (χ1) is 8.59. The number of hydrogen-bond acceptors (Lipinski definition) is 3. The minimum atomic E-state index is 0.871. The maximum absolute atomic E-state index is 4.41. The minimum Gasteiger partial charge on any atom is -0.338 e. The summed E-state index contributed by atoms with van der Waals surface area (Å²) in [6.45, 7) is 5.97. The Morgan fingerprint density at radius 1 is 1.28 bits per heavy atom. The van der Waals surface area contributed by atoms with E-state index < -0.39 is 0 Å².